The minimum absolute atomic E-state index is 0.0214. The molecule has 0 heterocycles. The number of hydrogen-bond acceptors (Lipinski definition) is 5. The Morgan fingerprint density at radius 1 is 1.04 bits per heavy atom. The van der Waals surface area contributed by atoms with Crippen molar-refractivity contribution in [2.24, 2.45) is 0 Å². The fourth-order valence-corrected chi connectivity index (χ4v) is 3.54. The first kappa shape index (κ1) is 20.6. The number of hydrogen-bond donors (Lipinski definition) is 2. The Bertz CT molecular complexity index is 939. The van der Waals surface area contributed by atoms with Crippen LogP contribution in [-0.4, -0.2) is 34.6 Å². The van der Waals surface area contributed by atoms with Crippen LogP contribution in [0.4, 0.5) is 5.69 Å². The minimum Gasteiger partial charge on any atom is -0.497 e. The molecule has 8 heteroatoms. The van der Waals surface area contributed by atoms with Crippen LogP contribution in [-0.2, 0) is 10.0 Å². The Kier molecular flexibility index (Phi) is 6.32. The molecule has 0 radical (unpaired) electrons. The number of ether oxygens (including phenoxy) is 2. The van der Waals surface area contributed by atoms with Crippen molar-refractivity contribution in [3.05, 3.63) is 47.5 Å². The maximum atomic E-state index is 12.8. The topological polar surface area (TPSA) is 93.7 Å². The van der Waals surface area contributed by atoms with E-state index in [1.165, 1.54) is 32.4 Å². The maximum absolute atomic E-state index is 12.8. The first-order valence-electron chi connectivity index (χ1n) is 8.34. The van der Waals surface area contributed by atoms with Gasteiger partial charge in [0.25, 0.3) is 15.9 Å². The number of carbonyl (C=O) groups excluding carboxylic acids is 1. The van der Waals surface area contributed by atoms with E-state index >= 15 is 0 Å². The van der Waals surface area contributed by atoms with Gasteiger partial charge in [0, 0.05) is 17.7 Å². The van der Waals surface area contributed by atoms with E-state index in [1.54, 1.807) is 25.1 Å². The lowest BCUT2D eigenvalue weighted by Crippen LogP contribution is -2.30. The summed E-state index contributed by atoms with van der Waals surface area (Å²) in [5.74, 6) is 0.511. The molecular weight excluding hydrogens is 368 g/mol. The zero-order chi connectivity index (χ0) is 20.2. The lowest BCUT2D eigenvalue weighted by Gasteiger charge is -2.15. The highest BCUT2D eigenvalue weighted by Crippen LogP contribution is 2.31. The van der Waals surface area contributed by atoms with Gasteiger partial charge < -0.3 is 14.8 Å². The number of amides is 1. The predicted octanol–water partition coefficient (Wildman–Crippen LogP) is 2.95. The summed E-state index contributed by atoms with van der Waals surface area (Å²) in [6.45, 7) is 5.43. The first-order chi connectivity index (χ1) is 12.7. The van der Waals surface area contributed by atoms with Crippen LogP contribution in [0.5, 0.6) is 11.5 Å². The number of carbonyl (C=O) groups is 1. The number of anilines is 1. The third-order valence-electron chi connectivity index (χ3n) is 3.83. The van der Waals surface area contributed by atoms with Crippen molar-refractivity contribution in [2.45, 2.75) is 31.7 Å². The molecule has 0 aliphatic heterocycles. The van der Waals surface area contributed by atoms with Crippen molar-refractivity contribution in [2.75, 3.05) is 18.9 Å². The molecule has 2 aromatic carbocycles. The summed E-state index contributed by atoms with van der Waals surface area (Å²) in [4.78, 5) is 12.3. The van der Waals surface area contributed by atoms with E-state index in [9.17, 15) is 13.2 Å². The van der Waals surface area contributed by atoms with Crippen molar-refractivity contribution >= 4 is 21.6 Å². The third kappa shape index (κ3) is 4.91. The summed E-state index contributed by atoms with van der Waals surface area (Å²) in [5, 5.41) is 2.77. The van der Waals surface area contributed by atoms with Crippen LogP contribution in [0.1, 0.15) is 29.8 Å². The van der Waals surface area contributed by atoms with Crippen LogP contribution < -0.4 is 19.5 Å². The largest absolute Gasteiger partial charge is 0.497 e. The Morgan fingerprint density at radius 3 is 2.33 bits per heavy atom. The van der Waals surface area contributed by atoms with E-state index in [-0.39, 0.29) is 22.5 Å². The molecule has 0 atom stereocenters. The normalized spacial score (nSPS) is 11.2. The number of aryl methyl sites for hydroxylation is 1. The fraction of sp³-hybridized carbons (Fsp3) is 0.316. The van der Waals surface area contributed by atoms with Gasteiger partial charge in [-0.1, -0.05) is 6.07 Å². The van der Waals surface area contributed by atoms with Crippen LogP contribution >= 0.6 is 0 Å². The summed E-state index contributed by atoms with van der Waals surface area (Å²) in [6.07, 6.45) is 0. The Hall–Kier alpha value is -2.74. The molecule has 0 aliphatic carbocycles. The van der Waals surface area contributed by atoms with E-state index in [0.29, 0.717) is 22.6 Å². The Morgan fingerprint density at radius 2 is 1.74 bits per heavy atom. The standard InChI is InChI=1S/C19H24N2O5S/c1-12(2)20-19(22)16-11-15(8-6-13(16)3)27(23,24)21-17-10-14(25-4)7-9-18(17)26-5/h6-12,21H,1-5H3,(H,20,22). The molecule has 0 bridgehead atoms. The molecule has 2 rings (SSSR count). The summed E-state index contributed by atoms with van der Waals surface area (Å²) >= 11 is 0. The van der Waals surface area contributed by atoms with E-state index < -0.39 is 10.0 Å². The van der Waals surface area contributed by atoms with Crippen LogP contribution in [0.25, 0.3) is 0 Å². The fourth-order valence-electron chi connectivity index (χ4n) is 2.45. The van der Waals surface area contributed by atoms with E-state index in [2.05, 4.69) is 10.0 Å². The average molecular weight is 392 g/mol. The molecule has 146 valence electrons. The monoisotopic (exact) mass is 392 g/mol. The van der Waals surface area contributed by atoms with Gasteiger partial charge in [0.1, 0.15) is 11.5 Å². The lowest BCUT2D eigenvalue weighted by atomic mass is 10.1. The summed E-state index contributed by atoms with van der Waals surface area (Å²) in [7, 11) is -1.01. The van der Waals surface area contributed by atoms with Gasteiger partial charge >= 0.3 is 0 Å². The minimum atomic E-state index is -3.94. The highest BCUT2D eigenvalue weighted by Gasteiger charge is 2.20. The second-order valence-electron chi connectivity index (χ2n) is 6.28. The lowest BCUT2D eigenvalue weighted by molar-refractivity contribution is 0.0942. The molecule has 2 N–H and O–H groups in total. The molecule has 7 nitrogen and oxygen atoms in total. The first-order valence-corrected chi connectivity index (χ1v) is 9.82. The number of rotatable bonds is 7. The number of sulfonamides is 1. The zero-order valence-electron chi connectivity index (χ0n) is 16.0. The smallest absolute Gasteiger partial charge is 0.262 e. The molecule has 0 aromatic heterocycles. The molecule has 0 spiro atoms. The second kappa shape index (κ2) is 8.30. The van der Waals surface area contributed by atoms with Gasteiger partial charge in [-0.15, -0.1) is 0 Å². The summed E-state index contributed by atoms with van der Waals surface area (Å²) in [5.41, 5.74) is 1.24. The van der Waals surface area contributed by atoms with Crippen LogP contribution in [0.15, 0.2) is 41.3 Å². The maximum Gasteiger partial charge on any atom is 0.262 e. The molecule has 0 saturated heterocycles. The van der Waals surface area contributed by atoms with Gasteiger partial charge in [-0.05, 0) is 50.6 Å². The van der Waals surface area contributed by atoms with E-state index in [0.717, 1.165) is 0 Å². The molecule has 0 aliphatic rings. The number of nitrogens with one attached hydrogen (secondary N) is 2. The molecule has 27 heavy (non-hydrogen) atoms. The molecule has 2 aromatic rings. The number of methoxy groups -OCH3 is 2. The zero-order valence-corrected chi connectivity index (χ0v) is 16.8. The van der Waals surface area contributed by atoms with Gasteiger partial charge in [0.05, 0.1) is 24.8 Å². The quantitative estimate of drug-likeness (QED) is 0.756. The summed E-state index contributed by atoms with van der Waals surface area (Å²) < 4.78 is 38.5. The third-order valence-corrected chi connectivity index (χ3v) is 5.20. The highest BCUT2D eigenvalue weighted by atomic mass is 32.2. The molecule has 0 saturated carbocycles. The van der Waals surface area contributed by atoms with Gasteiger partial charge in [0.15, 0.2) is 0 Å². The summed E-state index contributed by atoms with van der Waals surface area (Å²) in [6, 6.07) is 9.16. The van der Waals surface area contributed by atoms with Crippen LogP contribution in [0.3, 0.4) is 0 Å². The Balaban J connectivity index is 2.41. The Labute approximate surface area is 159 Å². The number of benzene rings is 2. The predicted molar refractivity (Wildman–Crippen MR) is 104 cm³/mol. The van der Waals surface area contributed by atoms with E-state index in [1.807, 2.05) is 13.8 Å². The van der Waals surface area contributed by atoms with Gasteiger partial charge in [0.2, 0.25) is 0 Å². The molecule has 0 fully saturated rings. The van der Waals surface area contributed by atoms with Gasteiger partial charge in [-0.3, -0.25) is 9.52 Å². The van der Waals surface area contributed by atoms with Crippen molar-refractivity contribution in [3.63, 3.8) is 0 Å². The van der Waals surface area contributed by atoms with Crippen molar-refractivity contribution < 1.29 is 22.7 Å². The van der Waals surface area contributed by atoms with Gasteiger partial charge in [-0.25, -0.2) is 8.42 Å². The van der Waals surface area contributed by atoms with E-state index in [4.69, 9.17) is 9.47 Å². The molecular formula is C19H24N2O5S. The van der Waals surface area contributed by atoms with Crippen molar-refractivity contribution in [1.29, 1.82) is 0 Å². The van der Waals surface area contributed by atoms with Crippen LogP contribution in [0.2, 0.25) is 0 Å². The second-order valence-corrected chi connectivity index (χ2v) is 7.96. The molecule has 0 unspecified atom stereocenters. The van der Waals surface area contributed by atoms with Crippen molar-refractivity contribution in [3.8, 4) is 11.5 Å². The highest BCUT2D eigenvalue weighted by molar-refractivity contribution is 7.92. The van der Waals surface area contributed by atoms with Gasteiger partial charge in [-0.2, -0.15) is 0 Å². The van der Waals surface area contributed by atoms with Crippen molar-refractivity contribution in [1.82, 2.24) is 5.32 Å². The SMILES string of the molecule is COc1ccc(OC)c(NS(=O)(=O)c2ccc(C)c(C(=O)NC(C)C)c2)c1. The average Bonchev–Trinajstić information content (AvgIpc) is 2.60. The van der Waals surface area contributed by atoms with Crippen LogP contribution in [0, 0.1) is 6.92 Å². The molecule has 1 amide bonds.